The number of nitrogens with one attached hydrogen (secondary N) is 4. The second-order valence-electron chi connectivity index (χ2n) is 16.4. The molecule has 4 N–H and O–H groups in total. The molecule has 0 spiro atoms. The molecule has 0 saturated heterocycles. The number of aliphatic imine (C=N–C) groups is 1. The number of hydrogen-bond acceptors (Lipinski definition) is 15. The van der Waals surface area contributed by atoms with Crippen molar-refractivity contribution in [1.82, 2.24) is 39.9 Å². The molecule has 73 heavy (non-hydrogen) atoms. The Balaban J connectivity index is 0.00000570. The maximum absolute atomic E-state index is 15.2. The van der Waals surface area contributed by atoms with Gasteiger partial charge in [-0.3, -0.25) is 19.4 Å². The lowest BCUT2D eigenvalue weighted by atomic mass is 10.0. The highest BCUT2D eigenvalue weighted by Gasteiger charge is 2.29. The van der Waals surface area contributed by atoms with Crippen LogP contribution in [-0.4, -0.2) is 138 Å². The number of allylic oxidation sites excluding steroid dienone is 1. The first kappa shape index (κ1) is 58.5. The third kappa shape index (κ3) is 17.0. The summed E-state index contributed by atoms with van der Waals surface area (Å²) in [6, 6.07) is 15.0. The lowest BCUT2D eigenvalue weighted by Crippen LogP contribution is -2.47. The predicted octanol–water partition coefficient (Wildman–Crippen LogP) is 7.23. The number of anilines is 4. The number of likely N-dealkylation sites (N-methyl/N-ethyl adjacent to an activating group) is 2. The number of rotatable bonds is 31. The summed E-state index contributed by atoms with van der Waals surface area (Å²) in [5, 5.41) is 17.2. The third-order valence-corrected chi connectivity index (χ3v) is 12.4. The van der Waals surface area contributed by atoms with Crippen molar-refractivity contribution in [1.29, 1.82) is 0 Å². The molecule has 2 heterocycles. The quantitative estimate of drug-likeness (QED) is 0.0149. The Morgan fingerprint density at radius 2 is 1.74 bits per heavy atom. The van der Waals surface area contributed by atoms with Gasteiger partial charge in [0.05, 0.1) is 80.4 Å². The first-order chi connectivity index (χ1) is 35.3. The lowest BCUT2D eigenvalue weighted by molar-refractivity contribution is -0.125. The van der Waals surface area contributed by atoms with Gasteiger partial charge in [0.25, 0.3) is 5.91 Å². The molecule has 0 aliphatic heterocycles. The summed E-state index contributed by atoms with van der Waals surface area (Å²) in [6.45, 7) is 25.3. The fraction of sp³-hybridized carbons (Fsp3) is 0.385. The van der Waals surface area contributed by atoms with E-state index in [1.807, 2.05) is 19.1 Å². The number of aryl methyl sites for hydroxylation is 1. The third-order valence-electron chi connectivity index (χ3n) is 11.2. The van der Waals surface area contributed by atoms with Crippen LogP contribution < -0.4 is 25.6 Å². The van der Waals surface area contributed by atoms with E-state index in [1.165, 1.54) is 11.9 Å². The molecule has 21 heteroatoms. The number of aldehydes is 1. The zero-order chi connectivity index (χ0) is 53.3. The molecule has 2 aromatic heterocycles. The van der Waals surface area contributed by atoms with Gasteiger partial charge in [-0.05, 0) is 95.3 Å². The molecule has 0 aliphatic carbocycles. The SMILES string of the molecule is C=C.C=CCCC(C(=O)NC)N(C)C(=O)c1c(C=O)cccc1NCCOCCOCCn1cc(COCCNS(=O)c2ccc(Nc3ncc(F)c(-c4cc(C)c(N=C)c(N(CC)C(C)C)c4)n3)cc2)nn1. The highest BCUT2D eigenvalue weighted by atomic mass is 32.2. The zero-order valence-electron chi connectivity index (χ0n) is 42.7. The molecule has 3 aromatic carbocycles. The Kier molecular flexibility index (Phi) is 24.7. The van der Waals surface area contributed by atoms with Gasteiger partial charge >= 0.3 is 0 Å². The van der Waals surface area contributed by atoms with Gasteiger partial charge in [0, 0.05) is 62.3 Å². The minimum absolute atomic E-state index is 0.150. The number of carbonyl (C=O) groups is 3. The van der Waals surface area contributed by atoms with Crippen molar-refractivity contribution >= 4 is 64.5 Å². The summed E-state index contributed by atoms with van der Waals surface area (Å²) >= 11 is 0. The van der Waals surface area contributed by atoms with Crippen molar-refractivity contribution in [3.05, 3.63) is 121 Å². The van der Waals surface area contributed by atoms with Crippen LogP contribution in [0.2, 0.25) is 0 Å². The molecule has 0 bridgehead atoms. The van der Waals surface area contributed by atoms with Crippen molar-refractivity contribution in [2.45, 2.75) is 70.7 Å². The predicted molar refractivity (Wildman–Crippen MR) is 286 cm³/mol. The minimum Gasteiger partial charge on any atom is -0.382 e. The Labute approximate surface area is 430 Å². The van der Waals surface area contributed by atoms with Crippen LogP contribution in [-0.2, 0) is 43.1 Å². The fourth-order valence-electron chi connectivity index (χ4n) is 7.59. The van der Waals surface area contributed by atoms with Gasteiger partial charge in [-0.2, -0.15) is 0 Å². The van der Waals surface area contributed by atoms with Crippen LogP contribution in [0.1, 0.15) is 65.6 Å². The van der Waals surface area contributed by atoms with E-state index in [0.29, 0.717) is 92.7 Å². The molecule has 5 aromatic rings. The van der Waals surface area contributed by atoms with Gasteiger partial charge in [0.2, 0.25) is 11.9 Å². The Morgan fingerprint density at radius 3 is 2.41 bits per heavy atom. The van der Waals surface area contributed by atoms with E-state index in [2.05, 4.69) is 98.1 Å². The number of nitrogens with zero attached hydrogens (tertiary/aromatic N) is 8. The van der Waals surface area contributed by atoms with E-state index in [0.717, 1.165) is 29.7 Å². The van der Waals surface area contributed by atoms with Gasteiger partial charge < -0.3 is 40.0 Å². The number of carbonyl (C=O) groups excluding carboxylic acids is 3. The topological polar surface area (TPSA) is 219 Å². The van der Waals surface area contributed by atoms with Crippen molar-refractivity contribution in [3.63, 3.8) is 0 Å². The molecule has 2 atom stereocenters. The van der Waals surface area contributed by atoms with Gasteiger partial charge in [-0.25, -0.2) is 28.0 Å². The van der Waals surface area contributed by atoms with Crippen molar-refractivity contribution < 1.29 is 37.2 Å². The molecule has 0 fully saturated rings. The van der Waals surface area contributed by atoms with E-state index in [9.17, 15) is 18.6 Å². The van der Waals surface area contributed by atoms with Crippen molar-refractivity contribution in [2.24, 2.45) is 4.99 Å². The second kappa shape index (κ2) is 30.8. The normalized spacial score (nSPS) is 11.7. The first-order valence-corrected chi connectivity index (χ1v) is 25.0. The summed E-state index contributed by atoms with van der Waals surface area (Å²) in [7, 11) is 1.55. The van der Waals surface area contributed by atoms with Crippen LogP contribution >= 0.6 is 0 Å². The van der Waals surface area contributed by atoms with E-state index >= 15 is 4.39 Å². The van der Waals surface area contributed by atoms with Crippen molar-refractivity contribution in [2.75, 3.05) is 82.3 Å². The molecular formula is C52H69FN12O7S. The molecule has 0 saturated carbocycles. The average molecular weight is 1030 g/mol. The highest BCUT2D eigenvalue weighted by molar-refractivity contribution is 7.83. The number of benzene rings is 3. The van der Waals surface area contributed by atoms with Crippen LogP contribution in [0.4, 0.5) is 33.1 Å². The molecule has 19 nitrogen and oxygen atoms in total. The first-order valence-electron chi connectivity index (χ1n) is 23.8. The van der Waals surface area contributed by atoms with Crippen LogP contribution in [0.15, 0.2) is 103 Å². The summed E-state index contributed by atoms with van der Waals surface area (Å²) < 4.78 is 49.9. The number of ether oxygens (including phenoxy) is 3. The maximum atomic E-state index is 15.2. The lowest BCUT2D eigenvalue weighted by Gasteiger charge is -2.29. The molecule has 2 unspecified atom stereocenters. The smallest absolute Gasteiger partial charge is 0.257 e. The maximum Gasteiger partial charge on any atom is 0.257 e. The second-order valence-corrected chi connectivity index (χ2v) is 17.7. The monoisotopic (exact) mass is 1020 g/mol. The molecule has 0 aliphatic rings. The highest BCUT2D eigenvalue weighted by Crippen LogP contribution is 2.38. The molecule has 392 valence electrons. The van der Waals surface area contributed by atoms with E-state index in [-0.39, 0.29) is 47.9 Å². The molecule has 0 radical (unpaired) electrons. The Bertz CT molecular complexity index is 2620. The number of aromatic nitrogens is 5. The molecular weight excluding hydrogens is 956 g/mol. The van der Waals surface area contributed by atoms with Gasteiger partial charge in [-0.1, -0.05) is 23.4 Å². The number of halogens is 1. The standard InChI is InChI=1S/C50H65FN12O7S.C2H4/c1-9-11-15-43(48(65)53-7)61(8)49(66)45-36(32-64)13-12-14-42(45)54-20-23-68-26-27-69-25-22-62-31-39(59-60-62)33-70-24-21-56-71(67)40-18-16-38(17-19-40)57-50-55-30-41(51)47(58-50)37-28-35(5)46(52-6)44(29-37)63(10-2)34(3)4;1-2/h9,12-14,16-19,28-32,34,43,54,56H,1,6,10-11,15,20-27,33H2,2-5,7-8H3,(H,53,65)(H,55,57,58);1-2H2. The van der Waals surface area contributed by atoms with Crippen LogP contribution in [0.25, 0.3) is 11.3 Å². The Hall–Kier alpha value is -7.04. The van der Waals surface area contributed by atoms with Gasteiger partial charge in [0.15, 0.2) is 12.1 Å². The fourth-order valence-corrected chi connectivity index (χ4v) is 8.41. The molecule has 2 amide bonds. The summed E-state index contributed by atoms with van der Waals surface area (Å²) in [6.07, 6.45) is 6.14. The van der Waals surface area contributed by atoms with Crippen LogP contribution in [0, 0.1) is 12.7 Å². The van der Waals surface area contributed by atoms with Crippen LogP contribution in [0.3, 0.4) is 0 Å². The summed E-state index contributed by atoms with van der Waals surface area (Å²) in [5.41, 5.74) is 5.31. The Morgan fingerprint density at radius 1 is 1.01 bits per heavy atom. The average Bonchev–Trinajstić information content (AvgIpc) is 3.86. The zero-order valence-corrected chi connectivity index (χ0v) is 43.5. The van der Waals surface area contributed by atoms with Crippen LogP contribution in [0.5, 0.6) is 0 Å². The number of hydrogen-bond donors (Lipinski definition) is 4. The molecule has 5 rings (SSSR count). The van der Waals surface area contributed by atoms with Gasteiger partial charge in [0.1, 0.15) is 28.4 Å². The van der Waals surface area contributed by atoms with E-state index in [4.69, 9.17) is 14.2 Å². The largest absolute Gasteiger partial charge is 0.382 e. The summed E-state index contributed by atoms with van der Waals surface area (Å²) in [4.78, 5) is 55.1. The van der Waals surface area contributed by atoms with Gasteiger partial charge in [-0.15, -0.1) is 24.8 Å². The van der Waals surface area contributed by atoms with E-state index in [1.54, 1.807) is 66.5 Å². The minimum atomic E-state index is -1.50. The van der Waals surface area contributed by atoms with Crippen molar-refractivity contribution in [3.8, 4) is 11.3 Å². The number of amides is 2. The van der Waals surface area contributed by atoms with E-state index < -0.39 is 28.8 Å². The summed E-state index contributed by atoms with van der Waals surface area (Å²) in [5.74, 6) is -1.11.